The molecule has 3 nitrogen and oxygen atoms in total. The molecule has 2 atom stereocenters. The Labute approximate surface area is 85.5 Å². The molecule has 0 bridgehead atoms. The van der Waals surface area contributed by atoms with Crippen molar-refractivity contribution in [3.63, 3.8) is 0 Å². The average molecular weight is 208 g/mol. The molecular formula is C11H9FO3. The lowest BCUT2D eigenvalue weighted by molar-refractivity contribution is -0.138. The molecule has 15 heavy (non-hydrogen) atoms. The molecule has 1 aromatic rings. The van der Waals surface area contributed by atoms with Gasteiger partial charge in [-0.3, -0.25) is 9.59 Å². The predicted molar refractivity (Wildman–Crippen MR) is 50.0 cm³/mol. The van der Waals surface area contributed by atoms with Crippen LogP contribution in [0.15, 0.2) is 24.3 Å². The molecule has 0 spiro atoms. The van der Waals surface area contributed by atoms with E-state index in [1.54, 1.807) is 0 Å². The Bertz CT molecular complexity index is 410. The van der Waals surface area contributed by atoms with Crippen LogP contribution in [0.1, 0.15) is 16.8 Å². The van der Waals surface area contributed by atoms with Crippen LogP contribution in [0.5, 0.6) is 0 Å². The second-order valence-electron chi connectivity index (χ2n) is 3.66. The summed E-state index contributed by atoms with van der Waals surface area (Å²) in [6.45, 7) is 0. The number of aliphatic carboxylic acids is 1. The van der Waals surface area contributed by atoms with E-state index < -0.39 is 23.6 Å². The van der Waals surface area contributed by atoms with Crippen molar-refractivity contribution in [1.29, 1.82) is 0 Å². The lowest BCUT2D eigenvalue weighted by Crippen LogP contribution is -2.08. The summed E-state index contributed by atoms with van der Waals surface area (Å²) in [4.78, 5) is 22.2. The van der Waals surface area contributed by atoms with Crippen molar-refractivity contribution in [3.05, 3.63) is 35.6 Å². The molecule has 1 aliphatic carbocycles. The van der Waals surface area contributed by atoms with Crippen LogP contribution in [0.2, 0.25) is 0 Å². The Balaban J connectivity index is 2.10. The van der Waals surface area contributed by atoms with Gasteiger partial charge in [-0.25, -0.2) is 4.39 Å². The standard InChI is InChI=1S/C11H9FO3/c12-7-3-1-6(2-4-7)10(13)8-5-9(8)11(14)15/h1-4,8-9H,5H2,(H,14,15)/t8-,9-/m0/s1. The van der Waals surface area contributed by atoms with Crippen LogP contribution < -0.4 is 0 Å². The molecule has 1 fully saturated rings. The summed E-state index contributed by atoms with van der Waals surface area (Å²) in [5, 5.41) is 8.65. The smallest absolute Gasteiger partial charge is 0.307 e. The normalized spacial score (nSPS) is 23.5. The van der Waals surface area contributed by atoms with Crippen molar-refractivity contribution in [2.45, 2.75) is 6.42 Å². The van der Waals surface area contributed by atoms with Crippen LogP contribution in [0.3, 0.4) is 0 Å². The van der Waals surface area contributed by atoms with Gasteiger partial charge in [-0.1, -0.05) is 0 Å². The highest BCUT2D eigenvalue weighted by molar-refractivity contribution is 6.02. The maximum Gasteiger partial charge on any atom is 0.307 e. The third kappa shape index (κ3) is 1.88. The van der Waals surface area contributed by atoms with Gasteiger partial charge in [0.2, 0.25) is 0 Å². The lowest BCUT2D eigenvalue weighted by atomic mass is 10.1. The maximum atomic E-state index is 12.6. The molecule has 78 valence electrons. The number of rotatable bonds is 3. The zero-order valence-corrected chi connectivity index (χ0v) is 7.81. The summed E-state index contributed by atoms with van der Waals surface area (Å²) >= 11 is 0. The Morgan fingerprint density at radius 2 is 1.80 bits per heavy atom. The van der Waals surface area contributed by atoms with E-state index in [2.05, 4.69) is 0 Å². The molecule has 0 radical (unpaired) electrons. The van der Waals surface area contributed by atoms with Gasteiger partial charge in [0.05, 0.1) is 5.92 Å². The number of ketones is 1. The van der Waals surface area contributed by atoms with Gasteiger partial charge in [-0.2, -0.15) is 0 Å². The Morgan fingerprint density at radius 1 is 1.20 bits per heavy atom. The van der Waals surface area contributed by atoms with Crippen LogP contribution >= 0.6 is 0 Å². The van der Waals surface area contributed by atoms with Gasteiger partial charge in [0.25, 0.3) is 0 Å². The predicted octanol–water partition coefficient (Wildman–Crippen LogP) is 1.73. The van der Waals surface area contributed by atoms with E-state index in [0.717, 1.165) is 0 Å². The summed E-state index contributed by atoms with van der Waals surface area (Å²) in [5.41, 5.74) is 0.380. The van der Waals surface area contributed by atoms with E-state index >= 15 is 0 Å². The molecule has 2 rings (SSSR count). The summed E-state index contributed by atoms with van der Waals surface area (Å²) in [5.74, 6) is -2.52. The van der Waals surface area contributed by atoms with Gasteiger partial charge in [0.15, 0.2) is 5.78 Å². The minimum absolute atomic E-state index is 0.206. The van der Waals surface area contributed by atoms with Crippen molar-refractivity contribution < 1.29 is 19.1 Å². The number of carboxylic acid groups (broad SMARTS) is 1. The van der Waals surface area contributed by atoms with Crippen molar-refractivity contribution in [3.8, 4) is 0 Å². The van der Waals surface area contributed by atoms with Crippen LogP contribution in [0, 0.1) is 17.7 Å². The first-order valence-electron chi connectivity index (χ1n) is 4.62. The molecular weight excluding hydrogens is 199 g/mol. The van der Waals surface area contributed by atoms with Gasteiger partial charge in [-0.15, -0.1) is 0 Å². The lowest BCUT2D eigenvalue weighted by Gasteiger charge is -1.98. The molecule has 1 aromatic carbocycles. The second-order valence-corrected chi connectivity index (χ2v) is 3.66. The largest absolute Gasteiger partial charge is 0.481 e. The summed E-state index contributed by atoms with van der Waals surface area (Å²) in [6.07, 6.45) is 0.394. The Kier molecular flexibility index (Phi) is 2.26. The van der Waals surface area contributed by atoms with E-state index in [4.69, 9.17) is 5.11 Å². The van der Waals surface area contributed by atoms with Gasteiger partial charge in [0.1, 0.15) is 5.82 Å². The van der Waals surface area contributed by atoms with Crippen molar-refractivity contribution in [2.75, 3.05) is 0 Å². The molecule has 0 amide bonds. The van der Waals surface area contributed by atoms with Crippen LogP contribution in [0.4, 0.5) is 4.39 Å². The summed E-state index contributed by atoms with van der Waals surface area (Å²) in [7, 11) is 0. The van der Waals surface area contributed by atoms with E-state index in [1.165, 1.54) is 24.3 Å². The number of halogens is 1. The van der Waals surface area contributed by atoms with Crippen LogP contribution in [0.25, 0.3) is 0 Å². The number of benzene rings is 1. The number of carbonyl (C=O) groups is 2. The molecule has 4 heteroatoms. The monoisotopic (exact) mass is 208 g/mol. The number of carbonyl (C=O) groups excluding carboxylic acids is 1. The maximum absolute atomic E-state index is 12.6. The van der Waals surface area contributed by atoms with Crippen LogP contribution in [-0.2, 0) is 4.79 Å². The number of hydrogen-bond acceptors (Lipinski definition) is 2. The molecule has 0 unspecified atom stereocenters. The fraction of sp³-hybridized carbons (Fsp3) is 0.273. The summed E-state index contributed by atoms with van der Waals surface area (Å²) in [6, 6.07) is 5.17. The number of carboxylic acids is 1. The van der Waals surface area contributed by atoms with E-state index in [1.807, 2.05) is 0 Å². The third-order valence-electron chi connectivity index (χ3n) is 2.57. The SMILES string of the molecule is O=C(O)[C@H]1C[C@@H]1C(=O)c1ccc(F)cc1. The number of Topliss-reactive ketones (excluding diaryl/α,β-unsaturated/α-hetero) is 1. The van der Waals surface area contributed by atoms with Gasteiger partial charge in [-0.05, 0) is 30.7 Å². The zero-order valence-electron chi connectivity index (χ0n) is 7.81. The molecule has 1 saturated carbocycles. The van der Waals surface area contributed by atoms with E-state index in [-0.39, 0.29) is 5.78 Å². The first-order chi connectivity index (χ1) is 7.09. The molecule has 1 aliphatic rings. The van der Waals surface area contributed by atoms with Crippen molar-refractivity contribution >= 4 is 11.8 Å². The molecule has 1 N–H and O–H groups in total. The zero-order chi connectivity index (χ0) is 11.0. The molecule has 0 aromatic heterocycles. The Hall–Kier alpha value is -1.71. The fourth-order valence-electron chi connectivity index (χ4n) is 1.59. The topological polar surface area (TPSA) is 54.4 Å². The molecule has 0 aliphatic heterocycles. The van der Waals surface area contributed by atoms with E-state index in [0.29, 0.717) is 12.0 Å². The summed E-state index contributed by atoms with van der Waals surface area (Å²) < 4.78 is 12.6. The molecule has 0 saturated heterocycles. The fourth-order valence-corrected chi connectivity index (χ4v) is 1.59. The Morgan fingerprint density at radius 3 is 2.27 bits per heavy atom. The minimum Gasteiger partial charge on any atom is -0.481 e. The average Bonchev–Trinajstić information content (AvgIpc) is 2.97. The van der Waals surface area contributed by atoms with Crippen LogP contribution in [-0.4, -0.2) is 16.9 Å². The highest BCUT2D eigenvalue weighted by Crippen LogP contribution is 2.41. The van der Waals surface area contributed by atoms with Gasteiger partial charge >= 0.3 is 5.97 Å². The third-order valence-corrected chi connectivity index (χ3v) is 2.57. The van der Waals surface area contributed by atoms with Gasteiger partial charge < -0.3 is 5.11 Å². The quantitative estimate of drug-likeness (QED) is 0.769. The van der Waals surface area contributed by atoms with Gasteiger partial charge in [0, 0.05) is 11.5 Å². The van der Waals surface area contributed by atoms with E-state index in [9.17, 15) is 14.0 Å². The minimum atomic E-state index is -0.935. The molecule has 0 heterocycles. The highest BCUT2D eigenvalue weighted by atomic mass is 19.1. The highest BCUT2D eigenvalue weighted by Gasteiger charge is 2.48. The van der Waals surface area contributed by atoms with Crippen molar-refractivity contribution in [1.82, 2.24) is 0 Å². The second kappa shape index (κ2) is 3.46. The van der Waals surface area contributed by atoms with Crippen molar-refractivity contribution in [2.24, 2.45) is 11.8 Å². The first-order valence-corrected chi connectivity index (χ1v) is 4.62. The first kappa shape index (κ1) is 9.83. The number of hydrogen-bond donors (Lipinski definition) is 1.